The van der Waals surface area contributed by atoms with Crippen LogP contribution in [0.3, 0.4) is 0 Å². The second kappa shape index (κ2) is 7.05. The number of aromatic nitrogens is 2. The maximum Gasteiger partial charge on any atom is 0.255 e. The van der Waals surface area contributed by atoms with Crippen LogP contribution in [-0.4, -0.2) is 29.3 Å². The van der Waals surface area contributed by atoms with Crippen molar-refractivity contribution in [2.75, 3.05) is 13.2 Å². The number of fused-ring (bicyclic) bond motifs is 1. The number of hydrogen-bond donors (Lipinski definition) is 1. The molecule has 0 fully saturated rings. The van der Waals surface area contributed by atoms with Crippen molar-refractivity contribution in [3.63, 3.8) is 0 Å². The van der Waals surface area contributed by atoms with Crippen molar-refractivity contribution < 1.29 is 18.8 Å². The van der Waals surface area contributed by atoms with Crippen LogP contribution in [0.1, 0.15) is 16.2 Å². The number of rotatable bonds is 4. The van der Waals surface area contributed by atoms with Crippen LogP contribution in [-0.2, 0) is 6.54 Å². The standard InChI is InChI=1S/C18H14ClN3O4/c19-12-4-1-3-11(9-12)17-21-15(26-22-17)10-20-18(23)13-5-2-6-14-16(13)25-8-7-24-14/h1-6,9H,7-8,10H2,(H,20,23). The van der Waals surface area contributed by atoms with Crippen LogP contribution in [0.25, 0.3) is 11.4 Å². The molecular weight excluding hydrogens is 358 g/mol. The van der Waals surface area contributed by atoms with Crippen molar-refractivity contribution in [1.82, 2.24) is 15.5 Å². The molecule has 1 amide bonds. The molecule has 132 valence electrons. The molecule has 0 saturated heterocycles. The second-order valence-electron chi connectivity index (χ2n) is 5.53. The minimum Gasteiger partial charge on any atom is -0.486 e. The average molecular weight is 372 g/mol. The van der Waals surface area contributed by atoms with E-state index in [0.29, 0.717) is 41.1 Å². The van der Waals surface area contributed by atoms with Gasteiger partial charge in [0.15, 0.2) is 11.5 Å². The highest BCUT2D eigenvalue weighted by atomic mass is 35.5. The lowest BCUT2D eigenvalue weighted by Gasteiger charge is -2.20. The van der Waals surface area contributed by atoms with Gasteiger partial charge in [0.05, 0.1) is 12.1 Å². The van der Waals surface area contributed by atoms with Crippen LogP contribution in [0.15, 0.2) is 47.0 Å². The molecule has 4 rings (SSSR count). The van der Waals surface area contributed by atoms with Crippen molar-refractivity contribution in [2.45, 2.75) is 6.54 Å². The second-order valence-corrected chi connectivity index (χ2v) is 5.97. The van der Waals surface area contributed by atoms with Gasteiger partial charge < -0.3 is 19.3 Å². The summed E-state index contributed by atoms with van der Waals surface area (Å²) in [5.74, 6) is 1.39. The predicted octanol–water partition coefficient (Wildman–Crippen LogP) is 3.09. The summed E-state index contributed by atoms with van der Waals surface area (Å²) in [7, 11) is 0. The minimum absolute atomic E-state index is 0.0942. The van der Waals surface area contributed by atoms with E-state index in [-0.39, 0.29) is 18.3 Å². The Morgan fingerprint density at radius 2 is 2.00 bits per heavy atom. The number of hydrogen-bond acceptors (Lipinski definition) is 6. The van der Waals surface area contributed by atoms with Crippen molar-refractivity contribution in [3.05, 3.63) is 58.9 Å². The molecule has 0 saturated carbocycles. The Bertz CT molecular complexity index is 957. The van der Waals surface area contributed by atoms with E-state index in [2.05, 4.69) is 15.5 Å². The number of amides is 1. The third-order valence-corrected chi connectivity index (χ3v) is 4.00. The monoisotopic (exact) mass is 371 g/mol. The molecule has 1 aliphatic rings. The Kier molecular flexibility index (Phi) is 4.45. The molecule has 3 aromatic rings. The van der Waals surface area contributed by atoms with Crippen LogP contribution in [0.4, 0.5) is 0 Å². The zero-order chi connectivity index (χ0) is 17.9. The van der Waals surface area contributed by atoms with Crippen molar-refractivity contribution in [3.8, 4) is 22.9 Å². The van der Waals surface area contributed by atoms with E-state index in [9.17, 15) is 4.79 Å². The van der Waals surface area contributed by atoms with Crippen LogP contribution in [0.5, 0.6) is 11.5 Å². The van der Waals surface area contributed by atoms with Gasteiger partial charge in [0.1, 0.15) is 13.2 Å². The van der Waals surface area contributed by atoms with Gasteiger partial charge in [-0.05, 0) is 24.3 Å². The van der Waals surface area contributed by atoms with Crippen molar-refractivity contribution >= 4 is 17.5 Å². The van der Waals surface area contributed by atoms with Crippen LogP contribution in [0, 0.1) is 0 Å². The van der Waals surface area contributed by atoms with Gasteiger partial charge in [-0.3, -0.25) is 4.79 Å². The maximum atomic E-state index is 12.5. The Balaban J connectivity index is 1.46. The van der Waals surface area contributed by atoms with Gasteiger partial charge in [0.25, 0.3) is 5.91 Å². The van der Waals surface area contributed by atoms with E-state index < -0.39 is 0 Å². The molecule has 1 N–H and O–H groups in total. The van der Waals surface area contributed by atoms with Gasteiger partial charge in [-0.2, -0.15) is 4.98 Å². The van der Waals surface area contributed by atoms with E-state index in [1.165, 1.54) is 0 Å². The number of nitrogens with zero attached hydrogens (tertiary/aromatic N) is 2. The third-order valence-electron chi connectivity index (χ3n) is 3.76. The molecule has 0 unspecified atom stereocenters. The summed E-state index contributed by atoms with van der Waals surface area (Å²) in [6, 6.07) is 12.3. The van der Waals surface area contributed by atoms with Crippen LogP contribution >= 0.6 is 11.6 Å². The van der Waals surface area contributed by atoms with E-state index in [1.807, 2.05) is 6.07 Å². The SMILES string of the molecule is O=C(NCc1nc(-c2cccc(Cl)c2)no1)c1cccc2c1OCCO2. The molecule has 2 aromatic carbocycles. The smallest absolute Gasteiger partial charge is 0.255 e. The Morgan fingerprint density at radius 1 is 1.15 bits per heavy atom. The first-order valence-electron chi connectivity index (χ1n) is 7.96. The van der Waals surface area contributed by atoms with E-state index >= 15 is 0 Å². The largest absolute Gasteiger partial charge is 0.486 e. The van der Waals surface area contributed by atoms with Gasteiger partial charge in [-0.1, -0.05) is 35.0 Å². The fraction of sp³-hybridized carbons (Fsp3) is 0.167. The lowest BCUT2D eigenvalue weighted by Crippen LogP contribution is -2.25. The molecule has 2 heterocycles. The molecule has 7 nitrogen and oxygen atoms in total. The Hall–Kier alpha value is -3.06. The summed E-state index contributed by atoms with van der Waals surface area (Å²) in [4.78, 5) is 16.7. The molecule has 0 atom stereocenters. The zero-order valence-corrected chi connectivity index (χ0v) is 14.3. The normalized spacial score (nSPS) is 12.7. The summed E-state index contributed by atoms with van der Waals surface area (Å²) in [5.41, 5.74) is 1.14. The lowest BCUT2D eigenvalue weighted by molar-refractivity contribution is 0.0935. The fourth-order valence-corrected chi connectivity index (χ4v) is 2.77. The number of carbonyl (C=O) groups excluding carboxylic acids is 1. The summed E-state index contributed by atoms with van der Waals surface area (Å²) in [6.07, 6.45) is 0. The number of nitrogens with one attached hydrogen (secondary N) is 1. The van der Waals surface area contributed by atoms with Gasteiger partial charge in [-0.15, -0.1) is 0 Å². The van der Waals surface area contributed by atoms with Gasteiger partial charge in [0.2, 0.25) is 11.7 Å². The lowest BCUT2D eigenvalue weighted by atomic mass is 10.1. The van der Waals surface area contributed by atoms with Gasteiger partial charge in [-0.25, -0.2) is 0 Å². The highest BCUT2D eigenvalue weighted by Crippen LogP contribution is 2.33. The topological polar surface area (TPSA) is 86.5 Å². The zero-order valence-electron chi connectivity index (χ0n) is 13.6. The first-order chi connectivity index (χ1) is 12.7. The molecule has 8 heteroatoms. The van der Waals surface area contributed by atoms with Crippen LogP contribution in [0.2, 0.25) is 5.02 Å². The highest BCUT2D eigenvalue weighted by Gasteiger charge is 2.20. The summed E-state index contributed by atoms with van der Waals surface area (Å²) >= 11 is 5.96. The molecule has 1 aromatic heterocycles. The van der Waals surface area contributed by atoms with Crippen molar-refractivity contribution in [2.24, 2.45) is 0 Å². The van der Waals surface area contributed by atoms with Gasteiger partial charge >= 0.3 is 0 Å². The molecule has 0 bridgehead atoms. The molecule has 1 aliphatic heterocycles. The van der Waals surface area contributed by atoms with E-state index in [0.717, 1.165) is 5.56 Å². The van der Waals surface area contributed by atoms with E-state index in [1.54, 1.807) is 36.4 Å². The number of para-hydroxylation sites is 1. The van der Waals surface area contributed by atoms with Gasteiger partial charge in [0, 0.05) is 10.6 Å². The Labute approximate surface area is 153 Å². The number of halogens is 1. The molecule has 26 heavy (non-hydrogen) atoms. The minimum atomic E-state index is -0.310. The molecule has 0 radical (unpaired) electrons. The summed E-state index contributed by atoms with van der Waals surface area (Å²) in [6.45, 7) is 0.965. The quantitative estimate of drug-likeness (QED) is 0.758. The van der Waals surface area contributed by atoms with Crippen LogP contribution < -0.4 is 14.8 Å². The third kappa shape index (κ3) is 3.34. The average Bonchev–Trinajstić information content (AvgIpc) is 3.15. The van der Waals surface area contributed by atoms with E-state index in [4.69, 9.17) is 25.6 Å². The number of ether oxygens (including phenoxy) is 2. The Morgan fingerprint density at radius 3 is 2.88 bits per heavy atom. The maximum absolute atomic E-state index is 12.5. The first kappa shape index (κ1) is 16.4. The highest BCUT2D eigenvalue weighted by molar-refractivity contribution is 6.30. The van der Waals surface area contributed by atoms with Crippen molar-refractivity contribution in [1.29, 1.82) is 0 Å². The predicted molar refractivity (Wildman–Crippen MR) is 93.3 cm³/mol. The number of carbonyl (C=O) groups is 1. The molecule has 0 aliphatic carbocycles. The number of benzene rings is 2. The molecular formula is C18H14ClN3O4. The summed E-state index contributed by atoms with van der Waals surface area (Å²) < 4.78 is 16.2. The molecule has 0 spiro atoms. The first-order valence-corrected chi connectivity index (χ1v) is 8.34. The summed E-state index contributed by atoms with van der Waals surface area (Å²) in [5, 5.41) is 7.23. The fourth-order valence-electron chi connectivity index (χ4n) is 2.58.